The summed E-state index contributed by atoms with van der Waals surface area (Å²) in [5.41, 5.74) is -0.355. The zero-order valence-corrected chi connectivity index (χ0v) is 15.2. The Bertz CT molecular complexity index is 708. The van der Waals surface area contributed by atoms with Crippen molar-refractivity contribution in [1.82, 2.24) is 9.21 Å². The average Bonchev–Trinajstić information content (AvgIpc) is 2.63. The van der Waals surface area contributed by atoms with Crippen LogP contribution in [0.3, 0.4) is 0 Å². The highest BCUT2D eigenvalue weighted by Gasteiger charge is 2.33. The number of rotatable bonds is 5. The SMILES string of the molecule is O=[N+]([O-])c1ccccc1S(=O)(=O)N1CCN(CC2CCCCC2)CC1. The third kappa shape index (κ3) is 4.19. The van der Waals surface area contributed by atoms with Gasteiger partial charge in [-0.2, -0.15) is 4.31 Å². The van der Waals surface area contributed by atoms with Crippen molar-refractivity contribution >= 4 is 15.7 Å². The van der Waals surface area contributed by atoms with Crippen molar-refractivity contribution < 1.29 is 13.3 Å². The number of nitro groups is 1. The van der Waals surface area contributed by atoms with Gasteiger partial charge in [0.2, 0.25) is 10.0 Å². The van der Waals surface area contributed by atoms with Crippen LogP contribution < -0.4 is 0 Å². The van der Waals surface area contributed by atoms with Crippen LogP contribution in [0, 0.1) is 16.0 Å². The van der Waals surface area contributed by atoms with E-state index in [1.807, 2.05) is 0 Å². The number of nitrogens with zero attached hydrogens (tertiary/aromatic N) is 3. The van der Waals surface area contributed by atoms with Crippen LogP contribution in [0.25, 0.3) is 0 Å². The molecule has 2 fully saturated rings. The predicted molar refractivity (Wildman–Crippen MR) is 94.9 cm³/mol. The maximum Gasteiger partial charge on any atom is 0.289 e. The molecular weight excluding hydrogens is 342 g/mol. The Balaban J connectivity index is 1.64. The van der Waals surface area contributed by atoms with Gasteiger partial charge < -0.3 is 4.90 Å². The average molecular weight is 367 g/mol. The Labute approximate surface area is 148 Å². The molecule has 0 amide bonds. The van der Waals surface area contributed by atoms with Gasteiger partial charge in [0.15, 0.2) is 4.90 Å². The summed E-state index contributed by atoms with van der Waals surface area (Å²) in [6.07, 6.45) is 6.48. The number of para-hydroxylation sites is 1. The second kappa shape index (κ2) is 7.80. The summed E-state index contributed by atoms with van der Waals surface area (Å²) in [5, 5.41) is 11.1. The van der Waals surface area contributed by atoms with Crippen LogP contribution in [-0.4, -0.2) is 55.3 Å². The van der Waals surface area contributed by atoms with E-state index in [2.05, 4.69) is 4.90 Å². The van der Waals surface area contributed by atoms with E-state index < -0.39 is 14.9 Å². The van der Waals surface area contributed by atoms with E-state index in [1.165, 1.54) is 60.7 Å². The van der Waals surface area contributed by atoms with Crippen molar-refractivity contribution in [2.75, 3.05) is 32.7 Å². The number of piperazine rings is 1. The minimum atomic E-state index is -3.83. The highest BCUT2D eigenvalue weighted by molar-refractivity contribution is 7.89. The molecule has 2 aliphatic rings. The molecule has 1 aliphatic carbocycles. The zero-order chi connectivity index (χ0) is 17.9. The molecule has 0 bridgehead atoms. The highest BCUT2D eigenvalue weighted by Crippen LogP contribution is 2.28. The maximum atomic E-state index is 12.8. The first-order chi connectivity index (χ1) is 12.0. The van der Waals surface area contributed by atoms with Crippen molar-refractivity contribution in [1.29, 1.82) is 0 Å². The van der Waals surface area contributed by atoms with Crippen molar-refractivity contribution in [2.45, 2.75) is 37.0 Å². The molecule has 0 unspecified atom stereocenters. The lowest BCUT2D eigenvalue weighted by atomic mass is 9.89. The lowest BCUT2D eigenvalue weighted by Gasteiger charge is -2.36. The van der Waals surface area contributed by atoms with Gasteiger partial charge in [-0.1, -0.05) is 31.4 Å². The van der Waals surface area contributed by atoms with E-state index in [0.717, 1.165) is 12.5 Å². The molecule has 1 heterocycles. The summed E-state index contributed by atoms with van der Waals surface area (Å²) in [6, 6.07) is 5.58. The first-order valence-electron chi connectivity index (χ1n) is 8.94. The number of sulfonamides is 1. The molecule has 1 aromatic rings. The largest absolute Gasteiger partial charge is 0.300 e. The molecule has 7 nitrogen and oxygen atoms in total. The molecule has 138 valence electrons. The molecule has 3 rings (SSSR count). The van der Waals surface area contributed by atoms with Gasteiger partial charge in [-0.15, -0.1) is 0 Å². The molecule has 8 heteroatoms. The molecule has 1 aromatic carbocycles. The standard InChI is InChI=1S/C17H25N3O4S/c21-20(22)16-8-4-5-9-17(16)25(23,24)19-12-10-18(11-13-19)14-15-6-2-1-3-7-15/h4-5,8-9,15H,1-3,6-7,10-14H2. The van der Waals surface area contributed by atoms with E-state index in [4.69, 9.17) is 0 Å². The molecule has 0 radical (unpaired) electrons. The lowest BCUT2D eigenvalue weighted by Crippen LogP contribution is -2.49. The number of hydrogen-bond donors (Lipinski definition) is 0. The molecule has 0 atom stereocenters. The van der Waals surface area contributed by atoms with Crippen molar-refractivity contribution in [2.24, 2.45) is 5.92 Å². The van der Waals surface area contributed by atoms with Gasteiger partial charge in [0.1, 0.15) is 0 Å². The molecule has 0 aromatic heterocycles. The van der Waals surface area contributed by atoms with E-state index in [-0.39, 0.29) is 10.6 Å². The zero-order valence-electron chi connectivity index (χ0n) is 14.3. The van der Waals surface area contributed by atoms with Crippen LogP contribution in [0.2, 0.25) is 0 Å². The van der Waals surface area contributed by atoms with Crippen LogP contribution in [0.15, 0.2) is 29.2 Å². The van der Waals surface area contributed by atoms with Crippen LogP contribution in [0.4, 0.5) is 5.69 Å². The summed E-state index contributed by atoms with van der Waals surface area (Å²) in [6.45, 7) is 3.20. The van der Waals surface area contributed by atoms with Gasteiger partial charge in [0, 0.05) is 38.8 Å². The molecular formula is C17H25N3O4S. The molecule has 0 N–H and O–H groups in total. The first-order valence-corrected chi connectivity index (χ1v) is 10.4. The number of nitro benzene ring substituents is 1. The van der Waals surface area contributed by atoms with Crippen molar-refractivity contribution in [3.05, 3.63) is 34.4 Å². The number of hydrogen-bond acceptors (Lipinski definition) is 5. The smallest absolute Gasteiger partial charge is 0.289 e. The van der Waals surface area contributed by atoms with E-state index in [1.54, 1.807) is 0 Å². The summed E-state index contributed by atoms with van der Waals surface area (Å²) in [5.74, 6) is 0.729. The van der Waals surface area contributed by atoms with Crippen molar-refractivity contribution in [3.8, 4) is 0 Å². The molecule has 1 saturated carbocycles. The summed E-state index contributed by atoms with van der Waals surface area (Å²) in [4.78, 5) is 12.6. The van der Waals surface area contributed by atoms with Gasteiger partial charge in [0.05, 0.1) is 4.92 Å². The maximum absolute atomic E-state index is 12.8. The first kappa shape index (κ1) is 18.3. The fourth-order valence-corrected chi connectivity index (χ4v) is 5.43. The second-order valence-corrected chi connectivity index (χ2v) is 8.84. The predicted octanol–water partition coefficient (Wildman–Crippen LogP) is 2.48. The third-order valence-corrected chi connectivity index (χ3v) is 7.20. The van der Waals surface area contributed by atoms with Crippen LogP contribution in [0.5, 0.6) is 0 Å². The summed E-state index contributed by atoms with van der Waals surface area (Å²) < 4.78 is 27.0. The fraction of sp³-hybridized carbons (Fsp3) is 0.647. The molecule has 1 aliphatic heterocycles. The van der Waals surface area contributed by atoms with Crippen LogP contribution in [-0.2, 0) is 10.0 Å². The van der Waals surface area contributed by atoms with Gasteiger partial charge in [0.25, 0.3) is 5.69 Å². The van der Waals surface area contributed by atoms with Crippen molar-refractivity contribution in [3.63, 3.8) is 0 Å². The molecule has 25 heavy (non-hydrogen) atoms. The Hall–Kier alpha value is -1.51. The molecule has 1 saturated heterocycles. The van der Waals surface area contributed by atoms with E-state index >= 15 is 0 Å². The van der Waals surface area contributed by atoms with Crippen LogP contribution in [0.1, 0.15) is 32.1 Å². The Morgan fingerprint density at radius 3 is 2.32 bits per heavy atom. The lowest BCUT2D eigenvalue weighted by molar-refractivity contribution is -0.387. The number of benzene rings is 1. The summed E-state index contributed by atoms with van der Waals surface area (Å²) in [7, 11) is -3.83. The highest BCUT2D eigenvalue weighted by atomic mass is 32.2. The van der Waals surface area contributed by atoms with Gasteiger partial charge in [-0.3, -0.25) is 10.1 Å². The van der Waals surface area contributed by atoms with Gasteiger partial charge in [-0.25, -0.2) is 8.42 Å². The second-order valence-electron chi connectivity index (χ2n) is 6.93. The van der Waals surface area contributed by atoms with Gasteiger partial charge >= 0.3 is 0 Å². The topological polar surface area (TPSA) is 83.8 Å². The van der Waals surface area contributed by atoms with E-state index in [0.29, 0.717) is 26.2 Å². The normalized spacial score (nSPS) is 21.3. The van der Waals surface area contributed by atoms with Crippen LogP contribution >= 0.6 is 0 Å². The third-order valence-electron chi connectivity index (χ3n) is 5.25. The Morgan fingerprint density at radius 1 is 1.04 bits per heavy atom. The monoisotopic (exact) mass is 367 g/mol. The fourth-order valence-electron chi connectivity index (χ4n) is 3.85. The Morgan fingerprint density at radius 2 is 1.68 bits per heavy atom. The Kier molecular flexibility index (Phi) is 5.71. The quantitative estimate of drug-likeness (QED) is 0.590. The molecule has 0 spiro atoms. The van der Waals surface area contributed by atoms with E-state index in [9.17, 15) is 18.5 Å². The van der Waals surface area contributed by atoms with Gasteiger partial charge in [-0.05, 0) is 24.8 Å². The minimum Gasteiger partial charge on any atom is -0.300 e. The summed E-state index contributed by atoms with van der Waals surface area (Å²) >= 11 is 0. The minimum absolute atomic E-state index is 0.208.